The number of pyridine rings is 1. The van der Waals surface area contributed by atoms with Gasteiger partial charge in [-0.1, -0.05) is 63.3 Å². The molecule has 1 heterocycles. The molecule has 1 amide bonds. The normalized spacial score (nSPS) is 12.8. The maximum Gasteiger partial charge on any atom is 0.330 e. The lowest BCUT2D eigenvalue weighted by molar-refractivity contribution is -0.137. The number of aromatic nitrogens is 1. The summed E-state index contributed by atoms with van der Waals surface area (Å²) in [5.41, 5.74) is 1.85. The molecule has 0 fully saturated rings. The second-order valence-corrected chi connectivity index (χ2v) is 6.81. The van der Waals surface area contributed by atoms with Gasteiger partial charge in [-0.3, -0.25) is 9.78 Å². The molecule has 5 nitrogen and oxygen atoms in total. The van der Waals surface area contributed by atoms with E-state index in [2.05, 4.69) is 10.3 Å². The van der Waals surface area contributed by atoms with E-state index in [0.29, 0.717) is 5.56 Å². The van der Waals surface area contributed by atoms with E-state index in [4.69, 9.17) is 0 Å². The lowest BCUT2D eigenvalue weighted by Gasteiger charge is -2.15. The van der Waals surface area contributed by atoms with Crippen LogP contribution in [0.25, 0.3) is 11.3 Å². The van der Waals surface area contributed by atoms with Crippen LogP contribution in [-0.2, 0) is 4.79 Å². The van der Waals surface area contributed by atoms with Crippen molar-refractivity contribution in [3.63, 3.8) is 0 Å². The Morgan fingerprint density at radius 2 is 1.80 bits per heavy atom. The molecule has 5 heteroatoms. The molecular formula is C20H22N2O3. The second kappa shape index (κ2) is 7.75. The van der Waals surface area contributed by atoms with E-state index in [1.807, 2.05) is 51.1 Å². The molecule has 2 rings (SSSR count). The third kappa shape index (κ3) is 5.57. The number of amides is 1. The standard InChI is InChI=1S/C20H22N2O3/c1-20(2,3)12-11-17(19(24)25)22-18(23)15-9-10-16(21-13-15)14-7-5-4-6-8-14/h4-13,17H,1-3H3,(H,22,23)(H,24,25)/b12-11+. The predicted molar refractivity (Wildman–Crippen MR) is 97.2 cm³/mol. The first-order chi connectivity index (χ1) is 11.8. The molecule has 1 aromatic heterocycles. The van der Waals surface area contributed by atoms with Gasteiger partial charge in [0, 0.05) is 11.8 Å². The predicted octanol–water partition coefficient (Wildman–Crippen LogP) is 3.53. The summed E-state index contributed by atoms with van der Waals surface area (Å²) in [6, 6.07) is 11.9. The van der Waals surface area contributed by atoms with Crippen molar-refractivity contribution in [3.8, 4) is 11.3 Å². The quantitative estimate of drug-likeness (QED) is 0.817. The minimum absolute atomic E-state index is 0.169. The number of nitrogens with one attached hydrogen (secondary N) is 1. The van der Waals surface area contributed by atoms with Gasteiger partial charge in [0.2, 0.25) is 0 Å². The van der Waals surface area contributed by atoms with Gasteiger partial charge in [0.05, 0.1) is 11.3 Å². The molecule has 1 aromatic carbocycles. The van der Waals surface area contributed by atoms with Gasteiger partial charge in [0.25, 0.3) is 5.91 Å². The monoisotopic (exact) mass is 338 g/mol. The molecule has 2 N–H and O–H groups in total. The van der Waals surface area contributed by atoms with Crippen LogP contribution in [0.15, 0.2) is 60.8 Å². The first-order valence-electron chi connectivity index (χ1n) is 8.01. The van der Waals surface area contributed by atoms with Gasteiger partial charge in [-0.2, -0.15) is 0 Å². The Labute approximate surface area is 147 Å². The fraction of sp³-hybridized carbons (Fsp3) is 0.250. The van der Waals surface area contributed by atoms with Crippen molar-refractivity contribution < 1.29 is 14.7 Å². The van der Waals surface area contributed by atoms with Gasteiger partial charge >= 0.3 is 5.97 Å². The Morgan fingerprint density at radius 1 is 1.12 bits per heavy atom. The van der Waals surface area contributed by atoms with Crippen LogP contribution in [0.5, 0.6) is 0 Å². The fourth-order valence-corrected chi connectivity index (χ4v) is 2.11. The number of hydrogen-bond donors (Lipinski definition) is 2. The fourth-order valence-electron chi connectivity index (χ4n) is 2.11. The van der Waals surface area contributed by atoms with E-state index in [1.54, 1.807) is 18.2 Å². The highest BCUT2D eigenvalue weighted by molar-refractivity contribution is 5.97. The Hall–Kier alpha value is -2.95. The topological polar surface area (TPSA) is 79.3 Å². The third-order valence-corrected chi connectivity index (χ3v) is 3.44. The minimum Gasteiger partial charge on any atom is -0.479 e. The molecule has 0 saturated carbocycles. The maximum absolute atomic E-state index is 12.3. The van der Waals surface area contributed by atoms with E-state index in [9.17, 15) is 14.7 Å². The summed E-state index contributed by atoms with van der Waals surface area (Å²) in [4.78, 5) is 27.9. The molecule has 25 heavy (non-hydrogen) atoms. The lowest BCUT2D eigenvalue weighted by Crippen LogP contribution is -2.39. The van der Waals surface area contributed by atoms with Crippen LogP contribution >= 0.6 is 0 Å². The number of carboxylic acids is 1. The van der Waals surface area contributed by atoms with Crippen LogP contribution in [0.3, 0.4) is 0 Å². The first kappa shape index (κ1) is 18.4. The molecule has 0 aliphatic carbocycles. The van der Waals surface area contributed by atoms with Gasteiger partial charge in [0.1, 0.15) is 6.04 Å². The highest BCUT2D eigenvalue weighted by Gasteiger charge is 2.19. The zero-order valence-corrected chi connectivity index (χ0v) is 14.6. The van der Waals surface area contributed by atoms with Crippen LogP contribution in [0.4, 0.5) is 0 Å². The van der Waals surface area contributed by atoms with E-state index < -0.39 is 17.9 Å². The van der Waals surface area contributed by atoms with Crippen LogP contribution in [0.1, 0.15) is 31.1 Å². The summed E-state index contributed by atoms with van der Waals surface area (Å²) < 4.78 is 0. The van der Waals surface area contributed by atoms with Crippen molar-refractivity contribution >= 4 is 11.9 Å². The van der Waals surface area contributed by atoms with E-state index in [-0.39, 0.29) is 5.41 Å². The summed E-state index contributed by atoms with van der Waals surface area (Å²) in [5.74, 6) is -1.58. The summed E-state index contributed by atoms with van der Waals surface area (Å²) >= 11 is 0. The lowest BCUT2D eigenvalue weighted by atomic mass is 9.95. The summed E-state index contributed by atoms with van der Waals surface area (Å²) in [6.07, 6.45) is 4.71. The SMILES string of the molecule is CC(C)(C)/C=C/C(NC(=O)c1ccc(-c2ccccc2)nc1)C(=O)O. The molecule has 0 spiro atoms. The Kier molecular flexibility index (Phi) is 5.70. The number of carboxylic acid groups (broad SMARTS) is 1. The number of aliphatic carboxylic acids is 1. The van der Waals surface area contributed by atoms with Crippen molar-refractivity contribution in [2.75, 3.05) is 0 Å². The van der Waals surface area contributed by atoms with Gasteiger partial charge in [-0.05, 0) is 17.5 Å². The van der Waals surface area contributed by atoms with Gasteiger partial charge < -0.3 is 10.4 Å². The number of carbonyl (C=O) groups excluding carboxylic acids is 1. The Morgan fingerprint density at radius 3 is 2.32 bits per heavy atom. The largest absolute Gasteiger partial charge is 0.479 e. The van der Waals surface area contributed by atoms with Crippen molar-refractivity contribution in [1.82, 2.24) is 10.3 Å². The van der Waals surface area contributed by atoms with Crippen molar-refractivity contribution in [3.05, 3.63) is 66.4 Å². The van der Waals surface area contributed by atoms with Crippen LogP contribution in [0.2, 0.25) is 0 Å². The highest BCUT2D eigenvalue weighted by Crippen LogP contribution is 2.17. The van der Waals surface area contributed by atoms with E-state index >= 15 is 0 Å². The third-order valence-electron chi connectivity index (χ3n) is 3.44. The zero-order chi connectivity index (χ0) is 18.4. The second-order valence-electron chi connectivity index (χ2n) is 6.81. The van der Waals surface area contributed by atoms with Crippen LogP contribution < -0.4 is 5.32 Å². The van der Waals surface area contributed by atoms with Gasteiger partial charge in [-0.15, -0.1) is 0 Å². The molecule has 0 aliphatic heterocycles. The zero-order valence-electron chi connectivity index (χ0n) is 14.6. The molecular weight excluding hydrogens is 316 g/mol. The highest BCUT2D eigenvalue weighted by atomic mass is 16.4. The maximum atomic E-state index is 12.3. The number of carbonyl (C=O) groups is 2. The number of nitrogens with zero attached hydrogens (tertiary/aromatic N) is 1. The smallest absolute Gasteiger partial charge is 0.330 e. The van der Waals surface area contributed by atoms with Gasteiger partial charge in [0.15, 0.2) is 0 Å². The van der Waals surface area contributed by atoms with Crippen molar-refractivity contribution in [2.45, 2.75) is 26.8 Å². The average molecular weight is 338 g/mol. The van der Waals surface area contributed by atoms with Crippen molar-refractivity contribution in [2.24, 2.45) is 5.41 Å². The first-order valence-corrected chi connectivity index (χ1v) is 8.01. The Bertz CT molecular complexity index is 760. The molecule has 0 radical (unpaired) electrons. The summed E-state index contributed by atoms with van der Waals surface area (Å²) in [7, 11) is 0. The molecule has 2 aromatic rings. The molecule has 1 atom stereocenters. The molecule has 0 aliphatic rings. The van der Waals surface area contributed by atoms with Gasteiger partial charge in [-0.25, -0.2) is 4.79 Å². The number of hydrogen-bond acceptors (Lipinski definition) is 3. The van der Waals surface area contributed by atoms with E-state index in [1.165, 1.54) is 12.3 Å². The van der Waals surface area contributed by atoms with Crippen LogP contribution in [0, 0.1) is 5.41 Å². The van der Waals surface area contributed by atoms with Crippen molar-refractivity contribution in [1.29, 1.82) is 0 Å². The number of allylic oxidation sites excluding steroid dienone is 1. The Balaban J connectivity index is 2.11. The summed E-state index contributed by atoms with van der Waals surface area (Å²) in [6.45, 7) is 5.86. The molecule has 130 valence electrons. The summed E-state index contributed by atoms with van der Waals surface area (Å²) in [5, 5.41) is 11.8. The van der Waals surface area contributed by atoms with Crippen LogP contribution in [-0.4, -0.2) is 28.0 Å². The molecule has 1 unspecified atom stereocenters. The van der Waals surface area contributed by atoms with E-state index in [0.717, 1.165) is 11.3 Å². The minimum atomic E-state index is -1.11. The number of benzene rings is 1. The average Bonchev–Trinajstić information content (AvgIpc) is 2.58. The molecule has 0 saturated heterocycles. The number of rotatable bonds is 5. The molecule has 0 bridgehead atoms.